The molecule has 0 bridgehead atoms. The molecule has 0 unspecified atom stereocenters. The molecule has 140 valence electrons. The van der Waals surface area contributed by atoms with Crippen molar-refractivity contribution in [2.75, 3.05) is 59.4 Å². The van der Waals surface area contributed by atoms with Crippen LogP contribution in [0.2, 0.25) is 0 Å². The Bertz CT molecular complexity index is 688. The summed E-state index contributed by atoms with van der Waals surface area (Å²) in [5.41, 5.74) is 0. The van der Waals surface area contributed by atoms with Crippen LogP contribution in [0.4, 0.5) is 0 Å². The predicted octanol–water partition coefficient (Wildman–Crippen LogP) is -0.443. The van der Waals surface area contributed by atoms with Crippen molar-refractivity contribution in [1.29, 1.82) is 0 Å². The van der Waals surface area contributed by atoms with Crippen LogP contribution < -0.4 is 0 Å². The second-order valence-corrected chi connectivity index (χ2v) is 9.13. The summed E-state index contributed by atoms with van der Waals surface area (Å²) >= 11 is 0. The van der Waals surface area contributed by atoms with Crippen molar-refractivity contribution in [3.8, 4) is 0 Å². The maximum atomic E-state index is 12.8. The molecule has 0 amide bonds. The van der Waals surface area contributed by atoms with Gasteiger partial charge in [-0.3, -0.25) is 4.90 Å². The van der Waals surface area contributed by atoms with Crippen LogP contribution >= 0.6 is 0 Å². The highest BCUT2D eigenvalue weighted by Crippen LogP contribution is 2.38. The molecule has 2 saturated heterocycles. The molecule has 1 saturated carbocycles. The van der Waals surface area contributed by atoms with E-state index >= 15 is 0 Å². The van der Waals surface area contributed by atoms with Gasteiger partial charge in [-0.1, -0.05) is 5.16 Å². The first kappa shape index (κ1) is 17.3. The largest absolute Gasteiger partial charge is 0.338 e. The molecule has 1 aromatic heterocycles. The van der Waals surface area contributed by atoms with Gasteiger partial charge < -0.3 is 9.42 Å². The third kappa shape index (κ3) is 3.87. The Morgan fingerprint density at radius 3 is 2.20 bits per heavy atom. The molecule has 25 heavy (non-hydrogen) atoms. The van der Waals surface area contributed by atoms with Crippen molar-refractivity contribution < 1.29 is 12.9 Å². The minimum absolute atomic E-state index is 0.489. The van der Waals surface area contributed by atoms with E-state index in [4.69, 9.17) is 4.52 Å². The number of hydrogen-bond donors (Lipinski definition) is 0. The second kappa shape index (κ2) is 6.92. The molecule has 0 radical (unpaired) electrons. The average molecular weight is 370 g/mol. The predicted molar refractivity (Wildman–Crippen MR) is 91.1 cm³/mol. The average Bonchev–Trinajstić information content (AvgIpc) is 3.36. The van der Waals surface area contributed by atoms with E-state index in [-0.39, 0.29) is 0 Å². The lowest BCUT2D eigenvalue weighted by Crippen LogP contribution is -2.56. The van der Waals surface area contributed by atoms with Crippen molar-refractivity contribution in [3.05, 3.63) is 11.7 Å². The summed E-state index contributed by atoms with van der Waals surface area (Å²) in [5, 5.41) is 4.04. The monoisotopic (exact) mass is 370 g/mol. The summed E-state index contributed by atoms with van der Waals surface area (Å²) in [6.07, 6.45) is 2.31. The van der Waals surface area contributed by atoms with Crippen LogP contribution in [0.25, 0.3) is 0 Å². The van der Waals surface area contributed by atoms with Crippen LogP contribution in [0.5, 0.6) is 0 Å². The number of aromatic nitrogens is 2. The van der Waals surface area contributed by atoms with Gasteiger partial charge in [0.1, 0.15) is 0 Å². The molecular weight excluding hydrogens is 344 g/mol. The highest BCUT2D eigenvalue weighted by molar-refractivity contribution is 7.86. The zero-order valence-electron chi connectivity index (χ0n) is 14.7. The van der Waals surface area contributed by atoms with E-state index in [1.54, 1.807) is 8.61 Å². The Balaban J connectivity index is 1.29. The minimum Gasteiger partial charge on any atom is -0.338 e. The number of rotatable bonds is 5. The third-order valence-corrected chi connectivity index (χ3v) is 7.27. The molecule has 0 aromatic carbocycles. The van der Waals surface area contributed by atoms with E-state index < -0.39 is 10.2 Å². The van der Waals surface area contributed by atoms with Crippen LogP contribution in [0.3, 0.4) is 0 Å². The molecule has 10 heteroatoms. The van der Waals surface area contributed by atoms with Gasteiger partial charge in [0.15, 0.2) is 5.82 Å². The second-order valence-electron chi connectivity index (χ2n) is 7.21. The van der Waals surface area contributed by atoms with Gasteiger partial charge in [-0.25, -0.2) is 0 Å². The third-order valence-electron chi connectivity index (χ3n) is 5.23. The first-order valence-corrected chi connectivity index (χ1v) is 10.4. The summed E-state index contributed by atoms with van der Waals surface area (Å²) in [7, 11) is -1.32. The summed E-state index contributed by atoms with van der Waals surface area (Å²) < 4.78 is 34.1. The van der Waals surface area contributed by atoms with Crippen molar-refractivity contribution in [1.82, 2.24) is 28.6 Å². The van der Waals surface area contributed by atoms with Crippen molar-refractivity contribution in [3.63, 3.8) is 0 Å². The fourth-order valence-corrected chi connectivity index (χ4v) is 4.91. The summed E-state index contributed by atoms with van der Waals surface area (Å²) in [4.78, 5) is 8.79. The standard InChI is InChI=1S/C15H26N6O3S/c1-18-4-8-20(9-5-18)25(22,23)21-10-6-19(7-11-21)12-14-16-15(17-24-14)13-2-3-13/h13H,2-12H2,1H3. The molecule has 9 nitrogen and oxygen atoms in total. The summed E-state index contributed by atoms with van der Waals surface area (Å²) in [5.74, 6) is 1.95. The van der Waals surface area contributed by atoms with Crippen LogP contribution in [-0.4, -0.2) is 96.4 Å². The van der Waals surface area contributed by atoms with Crippen LogP contribution in [0.1, 0.15) is 30.5 Å². The highest BCUT2D eigenvalue weighted by Gasteiger charge is 2.34. The summed E-state index contributed by atoms with van der Waals surface area (Å²) in [6, 6.07) is 0. The maximum absolute atomic E-state index is 12.8. The zero-order valence-corrected chi connectivity index (χ0v) is 15.5. The molecule has 1 aliphatic carbocycles. The molecule has 0 N–H and O–H groups in total. The van der Waals surface area contributed by atoms with E-state index in [2.05, 4.69) is 19.9 Å². The SMILES string of the molecule is CN1CCN(S(=O)(=O)N2CCN(Cc3nc(C4CC4)no3)CC2)CC1. The van der Waals surface area contributed by atoms with Crippen LogP contribution in [0, 0.1) is 0 Å². The molecule has 3 aliphatic rings. The van der Waals surface area contributed by atoms with Gasteiger partial charge in [-0.15, -0.1) is 0 Å². The number of nitrogens with zero attached hydrogens (tertiary/aromatic N) is 6. The number of likely N-dealkylation sites (N-methyl/N-ethyl adjacent to an activating group) is 1. The molecule has 1 aromatic rings. The molecule has 0 spiro atoms. The Morgan fingerprint density at radius 2 is 1.60 bits per heavy atom. The van der Waals surface area contributed by atoms with Gasteiger partial charge in [0.25, 0.3) is 10.2 Å². The molecule has 3 fully saturated rings. The van der Waals surface area contributed by atoms with Gasteiger partial charge in [0.05, 0.1) is 6.54 Å². The Morgan fingerprint density at radius 1 is 1.00 bits per heavy atom. The van der Waals surface area contributed by atoms with Crippen molar-refractivity contribution in [2.45, 2.75) is 25.3 Å². The number of piperazine rings is 2. The van der Waals surface area contributed by atoms with Crippen LogP contribution in [-0.2, 0) is 16.8 Å². The minimum atomic E-state index is -3.34. The van der Waals surface area contributed by atoms with E-state index in [0.29, 0.717) is 57.6 Å². The Labute approximate surface area is 148 Å². The quantitative estimate of drug-likeness (QED) is 0.694. The molecular formula is C15H26N6O3S. The van der Waals surface area contributed by atoms with Gasteiger partial charge in [-0.05, 0) is 19.9 Å². The topological polar surface area (TPSA) is 86.0 Å². The van der Waals surface area contributed by atoms with Gasteiger partial charge in [-0.2, -0.15) is 22.0 Å². The smallest absolute Gasteiger partial charge is 0.282 e. The first-order chi connectivity index (χ1) is 12.0. The Hall–Kier alpha value is -1.07. The normalized spacial score (nSPS) is 25.5. The van der Waals surface area contributed by atoms with Crippen molar-refractivity contribution >= 4 is 10.2 Å². The first-order valence-electron chi connectivity index (χ1n) is 9.01. The molecule has 3 heterocycles. The maximum Gasteiger partial charge on any atom is 0.282 e. The van der Waals surface area contributed by atoms with E-state index in [1.807, 2.05) is 7.05 Å². The lowest BCUT2D eigenvalue weighted by molar-refractivity contribution is 0.152. The summed E-state index contributed by atoms with van der Waals surface area (Å²) in [6.45, 7) is 5.73. The molecule has 0 atom stereocenters. The lowest BCUT2D eigenvalue weighted by Gasteiger charge is -2.38. The fraction of sp³-hybridized carbons (Fsp3) is 0.867. The van der Waals surface area contributed by atoms with Crippen molar-refractivity contribution in [2.24, 2.45) is 0 Å². The molecule has 4 rings (SSSR count). The van der Waals surface area contributed by atoms with E-state index in [1.165, 1.54) is 0 Å². The number of hydrogen-bond acceptors (Lipinski definition) is 7. The van der Waals surface area contributed by atoms with Gasteiger partial charge in [0, 0.05) is 58.3 Å². The van der Waals surface area contributed by atoms with Gasteiger partial charge >= 0.3 is 0 Å². The highest BCUT2D eigenvalue weighted by atomic mass is 32.2. The fourth-order valence-electron chi connectivity index (χ4n) is 3.33. The van der Waals surface area contributed by atoms with E-state index in [0.717, 1.165) is 31.8 Å². The lowest BCUT2D eigenvalue weighted by atomic mass is 10.3. The zero-order chi connectivity index (χ0) is 17.4. The van der Waals surface area contributed by atoms with Gasteiger partial charge in [0.2, 0.25) is 5.89 Å². The Kier molecular flexibility index (Phi) is 4.80. The molecule has 2 aliphatic heterocycles. The van der Waals surface area contributed by atoms with E-state index in [9.17, 15) is 8.42 Å². The van der Waals surface area contributed by atoms with Crippen LogP contribution in [0.15, 0.2) is 4.52 Å².